The van der Waals surface area contributed by atoms with E-state index in [0.29, 0.717) is 12.1 Å². The Morgan fingerprint density at radius 2 is 2.18 bits per heavy atom. The lowest BCUT2D eigenvalue weighted by Crippen LogP contribution is -2.36. The molecule has 2 aliphatic rings. The van der Waals surface area contributed by atoms with E-state index in [1.165, 1.54) is 12.0 Å². The SMILES string of the molecule is CC(=O)c1ccc(CN2CC3CC2CO3)cc1. The van der Waals surface area contributed by atoms with E-state index in [-0.39, 0.29) is 5.78 Å². The van der Waals surface area contributed by atoms with E-state index in [9.17, 15) is 4.79 Å². The van der Waals surface area contributed by atoms with Crippen LogP contribution in [0.25, 0.3) is 0 Å². The monoisotopic (exact) mass is 231 g/mol. The minimum absolute atomic E-state index is 0.130. The van der Waals surface area contributed by atoms with Gasteiger partial charge in [-0.15, -0.1) is 0 Å². The van der Waals surface area contributed by atoms with Crippen molar-refractivity contribution in [2.45, 2.75) is 32.0 Å². The van der Waals surface area contributed by atoms with Gasteiger partial charge in [-0.05, 0) is 18.9 Å². The molecule has 0 amide bonds. The third-order valence-corrected chi connectivity index (χ3v) is 3.76. The summed E-state index contributed by atoms with van der Waals surface area (Å²) in [6.07, 6.45) is 1.64. The molecule has 3 rings (SSSR count). The molecule has 2 bridgehead atoms. The van der Waals surface area contributed by atoms with Crippen molar-refractivity contribution in [2.24, 2.45) is 0 Å². The first-order valence-electron chi connectivity index (χ1n) is 6.18. The highest BCUT2D eigenvalue weighted by molar-refractivity contribution is 5.93. The summed E-state index contributed by atoms with van der Waals surface area (Å²) in [6, 6.07) is 8.56. The minimum Gasteiger partial charge on any atom is -0.375 e. The molecule has 0 aromatic heterocycles. The number of carbonyl (C=O) groups excluding carboxylic acids is 1. The summed E-state index contributed by atoms with van der Waals surface area (Å²) in [5.41, 5.74) is 2.07. The van der Waals surface area contributed by atoms with Crippen LogP contribution in [0.4, 0.5) is 0 Å². The predicted octanol–water partition coefficient (Wildman–Crippen LogP) is 1.86. The van der Waals surface area contributed by atoms with Crippen molar-refractivity contribution in [3.05, 3.63) is 35.4 Å². The van der Waals surface area contributed by atoms with E-state index < -0.39 is 0 Å². The van der Waals surface area contributed by atoms with Crippen molar-refractivity contribution >= 4 is 5.78 Å². The molecular formula is C14H17NO2. The summed E-state index contributed by atoms with van der Waals surface area (Å²) < 4.78 is 5.58. The smallest absolute Gasteiger partial charge is 0.159 e. The predicted molar refractivity (Wildman–Crippen MR) is 65.0 cm³/mol. The Morgan fingerprint density at radius 1 is 1.41 bits per heavy atom. The van der Waals surface area contributed by atoms with Crippen LogP contribution in [0.5, 0.6) is 0 Å². The molecule has 3 heteroatoms. The van der Waals surface area contributed by atoms with Crippen molar-refractivity contribution in [3.8, 4) is 0 Å². The molecule has 0 aliphatic carbocycles. The Hall–Kier alpha value is -1.19. The first kappa shape index (κ1) is 10.9. The van der Waals surface area contributed by atoms with Gasteiger partial charge in [-0.2, -0.15) is 0 Å². The lowest BCUT2D eigenvalue weighted by Gasteiger charge is -2.26. The number of hydrogen-bond donors (Lipinski definition) is 0. The molecule has 1 aromatic carbocycles. The molecule has 2 saturated heterocycles. The zero-order valence-corrected chi connectivity index (χ0v) is 10.1. The second-order valence-corrected chi connectivity index (χ2v) is 5.03. The van der Waals surface area contributed by atoms with Crippen molar-refractivity contribution in [1.29, 1.82) is 0 Å². The van der Waals surface area contributed by atoms with Crippen LogP contribution in [0.3, 0.4) is 0 Å². The fourth-order valence-corrected chi connectivity index (χ4v) is 2.75. The van der Waals surface area contributed by atoms with Crippen LogP contribution in [0.15, 0.2) is 24.3 Å². The number of rotatable bonds is 3. The lowest BCUT2D eigenvalue weighted by molar-refractivity contribution is 0.0273. The average molecular weight is 231 g/mol. The molecule has 2 atom stereocenters. The number of Topliss-reactive ketones (excluding diaryl/α,β-unsaturated/α-hetero) is 1. The number of benzene rings is 1. The minimum atomic E-state index is 0.130. The quantitative estimate of drug-likeness (QED) is 0.744. The van der Waals surface area contributed by atoms with Crippen molar-refractivity contribution in [3.63, 3.8) is 0 Å². The van der Waals surface area contributed by atoms with Gasteiger partial charge in [-0.1, -0.05) is 24.3 Å². The Kier molecular flexibility index (Phi) is 2.73. The number of ketones is 1. The van der Waals surface area contributed by atoms with Crippen LogP contribution in [0.1, 0.15) is 29.3 Å². The first-order valence-corrected chi connectivity index (χ1v) is 6.18. The molecule has 3 nitrogen and oxygen atoms in total. The molecule has 17 heavy (non-hydrogen) atoms. The van der Waals surface area contributed by atoms with Crippen molar-refractivity contribution < 1.29 is 9.53 Å². The number of nitrogens with zero attached hydrogens (tertiary/aromatic N) is 1. The maximum absolute atomic E-state index is 11.2. The van der Waals surface area contributed by atoms with Gasteiger partial charge in [0.1, 0.15) is 0 Å². The van der Waals surface area contributed by atoms with Gasteiger partial charge >= 0.3 is 0 Å². The number of carbonyl (C=O) groups is 1. The number of hydrogen-bond acceptors (Lipinski definition) is 3. The van der Waals surface area contributed by atoms with Crippen LogP contribution in [-0.2, 0) is 11.3 Å². The van der Waals surface area contributed by atoms with Gasteiger partial charge in [0.25, 0.3) is 0 Å². The lowest BCUT2D eigenvalue weighted by atomic mass is 10.1. The number of fused-ring (bicyclic) bond motifs is 2. The zero-order chi connectivity index (χ0) is 11.8. The summed E-state index contributed by atoms with van der Waals surface area (Å²) >= 11 is 0. The Balaban J connectivity index is 1.67. The van der Waals surface area contributed by atoms with Crippen LogP contribution in [0, 0.1) is 0 Å². The molecule has 1 aromatic rings. The second kappa shape index (κ2) is 4.24. The maximum Gasteiger partial charge on any atom is 0.159 e. The van der Waals surface area contributed by atoms with Crippen LogP contribution >= 0.6 is 0 Å². The third kappa shape index (κ3) is 2.13. The topological polar surface area (TPSA) is 29.5 Å². The normalized spacial score (nSPS) is 27.6. The van der Waals surface area contributed by atoms with E-state index in [4.69, 9.17) is 4.74 Å². The number of likely N-dealkylation sites (tertiary alicyclic amines) is 1. The molecule has 0 spiro atoms. The zero-order valence-electron chi connectivity index (χ0n) is 10.1. The highest BCUT2D eigenvalue weighted by Gasteiger charge is 2.38. The first-order chi connectivity index (χ1) is 8.22. The number of ether oxygens (including phenoxy) is 1. The molecule has 2 fully saturated rings. The van der Waals surface area contributed by atoms with Crippen LogP contribution in [0.2, 0.25) is 0 Å². The van der Waals surface area contributed by atoms with Gasteiger partial charge in [-0.25, -0.2) is 0 Å². The van der Waals surface area contributed by atoms with E-state index >= 15 is 0 Å². The second-order valence-electron chi connectivity index (χ2n) is 5.03. The van der Waals surface area contributed by atoms with Gasteiger partial charge in [-0.3, -0.25) is 9.69 Å². The van der Waals surface area contributed by atoms with Crippen LogP contribution in [-0.4, -0.2) is 36.0 Å². The number of morpholine rings is 1. The van der Waals surface area contributed by atoms with E-state index in [1.54, 1.807) is 6.92 Å². The molecule has 0 N–H and O–H groups in total. The molecule has 2 heterocycles. The standard InChI is InChI=1S/C14H17NO2/c1-10(16)12-4-2-11(3-5-12)7-15-8-14-6-13(15)9-17-14/h2-5,13-14H,6-9H2,1H3. The third-order valence-electron chi connectivity index (χ3n) is 3.76. The van der Waals surface area contributed by atoms with Crippen molar-refractivity contribution in [2.75, 3.05) is 13.2 Å². The van der Waals surface area contributed by atoms with Gasteiger partial charge in [0.05, 0.1) is 12.7 Å². The van der Waals surface area contributed by atoms with Gasteiger partial charge < -0.3 is 4.74 Å². The molecule has 0 radical (unpaired) electrons. The average Bonchev–Trinajstić information content (AvgIpc) is 2.91. The van der Waals surface area contributed by atoms with Gasteiger partial charge in [0.15, 0.2) is 5.78 Å². The summed E-state index contributed by atoms with van der Waals surface area (Å²) in [6.45, 7) is 4.52. The molecule has 90 valence electrons. The fraction of sp³-hybridized carbons (Fsp3) is 0.500. The summed E-state index contributed by atoms with van der Waals surface area (Å²) in [5, 5.41) is 0. The maximum atomic E-state index is 11.2. The Morgan fingerprint density at radius 3 is 2.71 bits per heavy atom. The van der Waals surface area contributed by atoms with Crippen molar-refractivity contribution in [1.82, 2.24) is 4.90 Å². The molecule has 0 saturated carbocycles. The fourth-order valence-electron chi connectivity index (χ4n) is 2.75. The van der Waals surface area contributed by atoms with E-state index in [0.717, 1.165) is 25.3 Å². The molecule has 2 aliphatic heterocycles. The summed E-state index contributed by atoms with van der Waals surface area (Å²) in [5.74, 6) is 0.130. The van der Waals surface area contributed by atoms with Crippen LogP contribution < -0.4 is 0 Å². The van der Waals surface area contributed by atoms with Gasteiger partial charge in [0, 0.05) is 24.7 Å². The van der Waals surface area contributed by atoms with E-state index in [1.807, 2.05) is 12.1 Å². The Bertz CT molecular complexity index is 426. The van der Waals surface area contributed by atoms with E-state index in [2.05, 4.69) is 17.0 Å². The largest absolute Gasteiger partial charge is 0.375 e. The highest BCUT2D eigenvalue weighted by atomic mass is 16.5. The summed E-state index contributed by atoms with van der Waals surface area (Å²) in [7, 11) is 0. The van der Waals surface area contributed by atoms with Gasteiger partial charge in [0.2, 0.25) is 0 Å². The summed E-state index contributed by atoms with van der Waals surface area (Å²) in [4.78, 5) is 13.7. The molecule has 2 unspecified atom stereocenters. The Labute approximate surface area is 101 Å². The molecular weight excluding hydrogens is 214 g/mol. The highest BCUT2D eigenvalue weighted by Crippen LogP contribution is 2.28.